The van der Waals surface area contributed by atoms with E-state index < -0.39 is 22.5 Å². The summed E-state index contributed by atoms with van der Waals surface area (Å²) in [6, 6.07) is 16.1. The van der Waals surface area contributed by atoms with E-state index >= 15 is 0 Å². The molecule has 3 heterocycles. The molecule has 0 spiro atoms. The minimum absolute atomic E-state index is 0.0783. The molecule has 0 aliphatic heterocycles. The number of aryl methyl sites for hydroxylation is 1. The lowest BCUT2D eigenvalue weighted by Gasteiger charge is -2.06. The van der Waals surface area contributed by atoms with E-state index in [9.17, 15) is 13.4 Å². The number of nitrogens with zero attached hydrogens (tertiary/aromatic N) is 5. The fraction of sp³-hybridized carbons (Fsp3) is 0.0769. The highest BCUT2D eigenvalue weighted by molar-refractivity contribution is 7.84. The van der Waals surface area contributed by atoms with Crippen molar-refractivity contribution in [3.8, 4) is 17.5 Å². The molecule has 5 aromatic rings. The Bertz CT molecular complexity index is 1700. The van der Waals surface area contributed by atoms with E-state index in [1.807, 2.05) is 19.1 Å². The number of amides is 1. The average Bonchev–Trinajstić information content (AvgIpc) is 3.50. The van der Waals surface area contributed by atoms with Crippen LogP contribution in [0.15, 0.2) is 78.1 Å². The molecule has 0 aliphatic carbocycles. The fourth-order valence-electron chi connectivity index (χ4n) is 3.52. The summed E-state index contributed by atoms with van der Waals surface area (Å²) in [5.41, 5.74) is 4.11. The minimum Gasteiger partial charge on any atom is -0.321 e. The quantitative estimate of drug-likeness (QED) is 0.381. The molecule has 2 aromatic carbocycles. The van der Waals surface area contributed by atoms with Crippen LogP contribution in [0.2, 0.25) is 0 Å². The van der Waals surface area contributed by atoms with Crippen molar-refractivity contribution in [2.45, 2.75) is 11.9 Å². The predicted molar refractivity (Wildman–Crippen MR) is 134 cm³/mol. The number of rotatable bonds is 4. The number of aromatic nitrogens is 5. The summed E-state index contributed by atoms with van der Waals surface area (Å²) >= 11 is 0. The number of carbonyl (C=O) groups excluding carboxylic acids is 1. The number of nitrogens with one attached hydrogen (secondary N) is 1. The van der Waals surface area contributed by atoms with Gasteiger partial charge in [0.25, 0.3) is 5.91 Å². The number of imidazole rings is 1. The van der Waals surface area contributed by atoms with Crippen LogP contribution in [-0.4, -0.2) is 40.8 Å². The van der Waals surface area contributed by atoms with Gasteiger partial charge in [-0.25, -0.2) is 18.6 Å². The van der Waals surface area contributed by atoms with Crippen molar-refractivity contribution in [3.05, 3.63) is 101 Å². The zero-order chi connectivity index (χ0) is 25.2. The second kappa shape index (κ2) is 9.56. The third-order valence-electron chi connectivity index (χ3n) is 5.37. The molecular formula is C26H19FN6O2S. The topological polar surface area (TPSA) is 94.2 Å². The third-order valence-corrected chi connectivity index (χ3v) is 6.25. The van der Waals surface area contributed by atoms with Crippen LogP contribution < -0.4 is 5.32 Å². The lowest BCUT2D eigenvalue weighted by atomic mass is 10.1. The van der Waals surface area contributed by atoms with Gasteiger partial charge in [-0.2, -0.15) is 10.2 Å². The molecular weight excluding hydrogens is 479 g/mol. The van der Waals surface area contributed by atoms with E-state index in [0.717, 1.165) is 11.1 Å². The number of hydrogen-bond donors (Lipinski definition) is 1. The molecule has 0 fully saturated rings. The number of anilines is 1. The molecule has 0 radical (unpaired) electrons. The molecule has 3 aromatic heterocycles. The van der Waals surface area contributed by atoms with Gasteiger partial charge in [0, 0.05) is 29.8 Å². The number of carbonyl (C=O) groups is 1. The van der Waals surface area contributed by atoms with Gasteiger partial charge >= 0.3 is 0 Å². The summed E-state index contributed by atoms with van der Waals surface area (Å²) in [5, 5.41) is 11.7. The SMILES string of the molecule is Cc1ccc(NC(=O)c2cc(S(C)=O)n(-c3ccc(F)cc3)n2)cc1C#Cc1cnc2cccnn12. The van der Waals surface area contributed by atoms with Gasteiger partial charge in [-0.1, -0.05) is 12.0 Å². The van der Waals surface area contributed by atoms with E-state index in [-0.39, 0.29) is 5.69 Å². The smallest absolute Gasteiger partial charge is 0.276 e. The van der Waals surface area contributed by atoms with Crippen LogP contribution in [0.25, 0.3) is 11.3 Å². The van der Waals surface area contributed by atoms with Gasteiger partial charge < -0.3 is 5.32 Å². The summed E-state index contributed by atoms with van der Waals surface area (Å²) in [5.74, 6) is 5.32. The van der Waals surface area contributed by atoms with E-state index in [4.69, 9.17) is 0 Å². The zero-order valence-corrected chi connectivity index (χ0v) is 20.1. The van der Waals surface area contributed by atoms with Crippen molar-refractivity contribution in [2.24, 2.45) is 0 Å². The highest BCUT2D eigenvalue weighted by Gasteiger charge is 2.18. The molecule has 1 atom stereocenters. The molecule has 0 bridgehead atoms. The Morgan fingerprint density at radius 2 is 1.89 bits per heavy atom. The van der Waals surface area contributed by atoms with Crippen LogP contribution in [0.4, 0.5) is 10.1 Å². The highest BCUT2D eigenvalue weighted by Crippen LogP contribution is 2.19. The molecule has 1 amide bonds. The molecule has 178 valence electrons. The molecule has 8 nitrogen and oxygen atoms in total. The Morgan fingerprint density at radius 1 is 1.08 bits per heavy atom. The first-order chi connectivity index (χ1) is 17.4. The standard InChI is InChI=1S/C26H19FN6O2S/c1-17-5-9-20(14-18(17)6-10-22-16-28-24-4-3-13-29-32(22)24)30-26(34)23-15-25(36(2)35)33(31-23)21-11-7-19(27)8-12-21/h3-5,7-9,11-16H,1-2H3,(H,30,34). The van der Waals surface area contributed by atoms with Crippen molar-refractivity contribution >= 4 is 28.0 Å². The Balaban J connectivity index is 1.41. The van der Waals surface area contributed by atoms with Crippen LogP contribution >= 0.6 is 0 Å². The summed E-state index contributed by atoms with van der Waals surface area (Å²) in [6.07, 6.45) is 4.81. The molecule has 36 heavy (non-hydrogen) atoms. The fourth-order valence-corrected chi connectivity index (χ4v) is 4.19. The molecule has 1 N–H and O–H groups in total. The van der Waals surface area contributed by atoms with Crippen LogP contribution in [0.1, 0.15) is 27.3 Å². The van der Waals surface area contributed by atoms with Crippen LogP contribution in [0, 0.1) is 24.6 Å². The lowest BCUT2D eigenvalue weighted by molar-refractivity contribution is 0.102. The molecule has 5 rings (SSSR count). The number of fused-ring (bicyclic) bond motifs is 1. The minimum atomic E-state index is -1.43. The largest absolute Gasteiger partial charge is 0.321 e. The second-order valence-corrected chi connectivity index (χ2v) is 9.21. The van der Waals surface area contributed by atoms with Crippen molar-refractivity contribution < 1.29 is 13.4 Å². The van der Waals surface area contributed by atoms with E-state index in [1.54, 1.807) is 35.1 Å². The monoisotopic (exact) mass is 498 g/mol. The van der Waals surface area contributed by atoms with Crippen LogP contribution in [-0.2, 0) is 10.8 Å². The highest BCUT2D eigenvalue weighted by atomic mass is 32.2. The van der Waals surface area contributed by atoms with Crippen molar-refractivity contribution in [2.75, 3.05) is 11.6 Å². The Morgan fingerprint density at radius 3 is 2.67 bits per heavy atom. The van der Waals surface area contributed by atoms with Crippen LogP contribution in [0.5, 0.6) is 0 Å². The molecule has 10 heteroatoms. The maximum Gasteiger partial charge on any atom is 0.276 e. The Labute approximate surface area is 208 Å². The summed E-state index contributed by atoms with van der Waals surface area (Å²) in [4.78, 5) is 17.3. The van der Waals surface area contributed by atoms with E-state index in [0.29, 0.717) is 27.7 Å². The summed E-state index contributed by atoms with van der Waals surface area (Å²) < 4.78 is 28.6. The van der Waals surface area contributed by atoms with Gasteiger partial charge in [-0.05, 0) is 66.9 Å². The number of benzene rings is 2. The number of halogens is 1. The van der Waals surface area contributed by atoms with Crippen LogP contribution in [0.3, 0.4) is 0 Å². The Kier molecular flexibility index (Phi) is 6.14. The number of hydrogen-bond acceptors (Lipinski definition) is 5. The maximum absolute atomic E-state index is 13.3. The van der Waals surface area contributed by atoms with Gasteiger partial charge in [-0.15, -0.1) is 0 Å². The second-order valence-electron chi connectivity index (χ2n) is 7.88. The van der Waals surface area contributed by atoms with Gasteiger partial charge in [-0.3, -0.25) is 9.00 Å². The third kappa shape index (κ3) is 4.64. The predicted octanol–water partition coefficient (Wildman–Crippen LogP) is 3.75. The van der Waals surface area contributed by atoms with Crippen molar-refractivity contribution in [1.29, 1.82) is 0 Å². The van der Waals surface area contributed by atoms with Gasteiger partial charge in [0.2, 0.25) is 0 Å². The van der Waals surface area contributed by atoms with Gasteiger partial charge in [0.1, 0.15) is 16.5 Å². The van der Waals surface area contributed by atoms with Gasteiger partial charge in [0.05, 0.1) is 22.7 Å². The van der Waals surface area contributed by atoms with Gasteiger partial charge in [0.15, 0.2) is 11.3 Å². The van der Waals surface area contributed by atoms with E-state index in [1.165, 1.54) is 41.3 Å². The summed E-state index contributed by atoms with van der Waals surface area (Å²) in [6.45, 7) is 1.93. The molecule has 1 unspecified atom stereocenters. The Hall–Kier alpha value is -4.62. The van der Waals surface area contributed by atoms with E-state index in [2.05, 4.69) is 32.3 Å². The lowest BCUT2D eigenvalue weighted by Crippen LogP contribution is -2.13. The van der Waals surface area contributed by atoms with Crippen molar-refractivity contribution in [1.82, 2.24) is 24.4 Å². The molecule has 0 saturated carbocycles. The average molecular weight is 499 g/mol. The molecule has 0 saturated heterocycles. The normalized spacial score (nSPS) is 11.6. The maximum atomic E-state index is 13.3. The zero-order valence-electron chi connectivity index (χ0n) is 19.3. The van der Waals surface area contributed by atoms with Crippen molar-refractivity contribution in [3.63, 3.8) is 0 Å². The summed E-state index contributed by atoms with van der Waals surface area (Å²) in [7, 11) is -1.43. The first kappa shape index (κ1) is 23.1. The first-order valence-corrected chi connectivity index (χ1v) is 12.4. The molecule has 0 aliphatic rings. The first-order valence-electron chi connectivity index (χ1n) is 10.8.